The van der Waals surface area contributed by atoms with E-state index in [0.29, 0.717) is 0 Å². The third kappa shape index (κ3) is 2.03. The number of aromatic nitrogens is 2. The van der Waals surface area contributed by atoms with Crippen molar-refractivity contribution in [1.82, 2.24) is 9.55 Å². The molecule has 4 nitrogen and oxygen atoms in total. The number of isocyanates is 1. The normalized spacial score (nSPS) is 16.3. The molecule has 0 N–H and O–H groups in total. The largest absolute Gasteiger partial charge is 0.303 e. The highest BCUT2D eigenvalue weighted by Gasteiger charge is 2.39. The first-order valence-corrected chi connectivity index (χ1v) is 7.35. The summed E-state index contributed by atoms with van der Waals surface area (Å²) in [5, 5.41) is 0. The summed E-state index contributed by atoms with van der Waals surface area (Å²) in [4.78, 5) is 18.9. The molecule has 3 rings (SSSR count). The average molecular weight is 332 g/mol. The van der Waals surface area contributed by atoms with Gasteiger partial charge in [-0.1, -0.05) is 6.07 Å². The standard InChI is InChI=1S/C15H14BrN3O/c1-11-17-7-8-19(11)14-4-3-12(9-13(14)16)15(18-10-20)5-2-6-15/h3-4,7-9H,2,5-6H2,1H3. The Kier molecular flexibility index (Phi) is 3.32. The second-order valence-electron chi connectivity index (χ2n) is 5.10. The molecule has 1 aliphatic rings. The Morgan fingerprint density at radius 2 is 2.25 bits per heavy atom. The highest BCUT2D eigenvalue weighted by atomic mass is 79.9. The van der Waals surface area contributed by atoms with E-state index in [9.17, 15) is 4.79 Å². The first-order valence-electron chi connectivity index (χ1n) is 6.56. The summed E-state index contributed by atoms with van der Waals surface area (Å²) in [6.07, 6.45) is 8.36. The zero-order chi connectivity index (χ0) is 14.2. The van der Waals surface area contributed by atoms with Gasteiger partial charge < -0.3 is 4.57 Å². The molecule has 0 atom stereocenters. The van der Waals surface area contributed by atoms with Crippen LogP contribution in [0.4, 0.5) is 0 Å². The van der Waals surface area contributed by atoms with Gasteiger partial charge in [-0.2, -0.15) is 4.99 Å². The predicted molar refractivity (Wildman–Crippen MR) is 79.7 cm³/mol. The lowest BCUT2D eigenvalue weighted by molar-refractivity contribution is 0.256. The first kappa shape index (κ1) is 13.3. The molecule has 2 aromatic rings. The van der Waals surface area contributed by atoms with E-state index in [2.05, 4.69) is 32.0 Å². The highest BCUT2D eigenvalue weighted by molar-refractivity contribution is 9.10. The minimum atomic E-state index is -0.354. The molecular formula is C15H14BrN3O. The number of imidazole rings is 1. The van der Waals surface area contributed by atoms with Crippen LogP contribution >= 0.6 is 15.9 Å². The lowest BCUT2D eigenvalue weighted by Crippen LogP contribution is -2.31. The van der Waals surface area contributed by atoms with Crippen molar-refractivity contribution < 1.29 is 4.79 Å². The number of nitrogens with zero attached hydrogens (tertiary/aromatic N) is 3. The van der Waals surface area contributed by atoms with Crippen LogP contribution in [0.1, 0.15) is 30.7 Å². The van der Waals surface area contributed by atoms with Crippen molar-refractivity contribution in [2.75, 3.05) is 0 Å². The molecule has 0 amide bonds. The number of aryl methyl sites for hydroxylation is 1. The van der Waals surface area contributed by atoms with Crippen LogP contribution in [0.25, 0.3) is 5.69 Å². The summed E-state index contributed by atoms with van der Waals surface area (Å²) in [6.45, 7) is 1.96. The minimum absolute atomic E-state index is 0.354. The molecular weight excluding hydrogens is 318 g/mol. The molecule has 1 fully saturated rings. The number of rotatable bonds is 3. The van der Waals surface area contributed by atoms with Gasteiger partial charge in [0.1, 0.15) is 5.82 Å². The maximum atomic E-state index is 10.7. The molecule has 1 aromatic carbocycles. The van der Waals surface area contributed by atoms with Crippen molar-refractivity contribution >= 4 is 22.0 Å². The molecule has 0 spiro atoms. The maximum absolute atomic E-state index is 10.7. The molecule has 5 heteroatoms. The third-order valence-electron chi connectivity index (χ3n) is 4.01. The van der Waals surface area contributed by atoms with Crippen LogP contribution < -0.4 is 0 Å². The Bertz CT molecular complexity index is 697. The van der Waals surface area contributed by atoms with Crippen molar-refractivity contribution in [1.29, 1.82) is 0 Å². The van der Waals surface area contributed by atoms with Crippen molar-refractivity contribution in [2.24, 2.45) is 4.99 Å². The fourth-order valence-electron chi connectivity index (χ4n) is 2.69. The van der Waals surface area contributed by atoms with E-state index in [4.69, 9.17) is 0 Å². The summed E-state index contributed by atoms with van der Waals surface area (Å²) in [5.74, 6) is 0.933. The summed E-state index contributed by atoms with van der Waals surface area (Å²) in [5.41, 5.74) is 1.75. The molecule has 0 bridgehead atoms. The predicted octanol–water partition coefficient (Wildman–Crippen LogP) is 3.66. The Hall–Kier alpha value is -1.71. The van der Waals surface area contributed by atoms with Crippen molar-refractivity contribution in [2.45, 2.75) is 31.7 Å². The van der Waals surface area contributed by atoms with Gasteiger partial charge in [-0.3, -0.25) is 0 Å². The van der Waals surface area contributed by atoms with Gasteiger partial charge in [0.05, 0.1) is 11.2 Å². The third-order valence-corrected chi connectivity index (χ3v) is 4.65. The van der Waals surface area contributed by atoms with Gasteiger partial charge in [-0.05, 0) is 59.8 Å². The van der Waals surface area contributed by atoms with E-state index in [1.807, 2.05) is 29.8 Å². The van der Waals surface area contributed by atoms with E-state index in [-0.39, 0.29) is 5.54 Å². The van der Waals surface area contributed by atoms with Gasteiger partial charge >= 0.3 is 0 Å². The van der Waals surface area contributed by atoms with E-state index in [1.165, 1.54) is 0 Å². The molecule has 0 aliphatic heterocycles. The van der Waals surface area contributed by atoms with Crippen LogP contribution in [-0.4, -0.2) is 15.6 Å². The molecule has 1 heterocycles. The van der Waals surface area contributed by atoms with E-state index >= 15 is 0 Å². The van der Waals surface area contributed by atoms with Crippen LogP contribution in [-0.2, 0) is 10.3 Å². The van der Waals surface area contributed by atoms with Crippen molar-refractivity contribution in [3.8, 4) is 5.69 Å². The highest BCUT2D eigenvalue weighted by Crippen LogP contribution is 2.45. The topological polar surface area (TPSA) is 47.2 Å². The van der Waals surface area contributed by atoms with Crippen molar-refractivity contribution in [3.05, 3.63) is 46.5 Å². The van der Waals surface area contributed by atoms with Gasteiger partial charge in [0.2, 0.25) is 6.08 Å². The van der Waals surface area contributed by atoms with E-state index < -0.39 is 0 Å². The number of hydrogen-bond donors (Lipinski definition) is 0. The summed E-state index contributed by atoms with van der Waals surface area (Å²) in [7, 11) is 0. The summed E-state index contributed by atoms with van der Waals surface area (Å²) >= 11 is 3.61. The van der Waals surface area contributed by atoms with Crippen LogP contribution in [0.2, 0.25) is 0 Å². The number of benzene rings is 1. The van der Waals surface area contributed by atoms with Gasteiger partial charge in [0.15, 0.2) is 0 Å². The number of aliphatic imine (C=N–C) groups is 1. The zero-order valence-corrected chi connectivity index (χ0v) is 12.7. The number of halogens is 1. The molecule has 20 heavy (non-hydrogen) atoms. The van der Waals surface area contributed by atoms with Gasteiger partial charge in [0.25, 0.3) is 0 Å². The molecule has 1 aliphatic carbocycles. The monoisotopic (exact) mass is 331 g/mol. The molecule has 0 saturated heterocycles. The van der Waals surface area contributed by atoms with Crippen LogP contribution in [0.3, 0.4) is 0 Å². The minimum Gasteiger partial charge on any atom is -0.303 e. The smallest absolute Gasteiger partial charge is 0.235 e. The van der Waals surface area contributed by atoms with Gasteiger partial charge in [0, 0.05) is 16.9 Å². The van der Waals surface area contributed by atoms with Crippen LogP contribution in [0, 0.1) is 6.92 Å². The molecule has 1 aromatic heterocycles. The SMILES string of the molecule is Cc1nccn1-c1ccc(C2(N=C=O)CCC2)cc1Br. The lowest BCUT2D eigenvalue weighted by Gasteiger charge is -2.37. The van der Waals surface area contributed by atoms with E-state index in [1.54, 1.807) is 12.3 Å². The Morgan fingerprint density at radius 1 is 1.45 bits per heavy atom. The lowest BCUT2D eigenvalue weighted by atomic mass is 9.72. The fourth-order valence-corrected chi connectivity index (χ4v) is 3.26. The molecule has 102 valence electrons. The summed E-state index contributed by atoms with van der Waals surface area (Å²) < 4.78 is 2.99. The van der Waals surface area contributed by atoms with Gasteiger partial charge in [-0.15, -0.1) is 0 Å². The first-order chi connectivity index (χ1) is 9.66. The number of hydrogen-bond acceptors (Lipinski definition) is 3. The second-order valence-corrected chi connectivity index (χ2v) is 5.95. The van der Waals surface area contributed by atoms with E-state index in [0.717, 1.165) is 40.8 Å². The van der Waals surface area contributed by atoms with Crippen molar-refractivity contribution in [3.63, 3.8) is 0 Å². The molecule has 0 unspecified atom stereocenters. The summed E-state index contributed by atoms with van der Waals surface area (Å²) in [6, 6.07) is 6.13. The number of carbonyl (C=O) groups excluding carboxylic acids is 1. The second kappa shape index (κ2) is 5.00. The zero-order valence-electron chi connectivity index (χ0n) is 11.1. The Labute approximate surface area is 125 Å². The molecule has 0 radical (unpaired) electrons. The molecule has 1 saturated carbocycles. The maximum Gasteiger partial charge on any atom is 0.235 e. The quantitative estimate of drug-likeness (QED) is 0.636. The van der Waals surface area contributed by atoms with Crippen LogP contribution in [0.5, 0.6) is 0 Å². The average Bonchev–Trinajstić information content (AvgIpc) is 2.80. The fraction of sp³-hybridized carbons (Fsp3) is 0.333. The van der Waals surface area contributed by atoms with Gasteiger partial charge in [-0.25, -0.2) is 9.78 Å². The Balaban J connectivity index is 2.04. The van der Waals surface area contributed by atoms with Crippen LogP contribution in [0.15, 0.2) is 40.1 Å². The Morgan fingerprint density at radius 3 is 2.75 bits per heavy atom.